The topological polar surface area (TPSA) is 104 Å². The Bertz CT molecular complexity index is 786. The molecule has 1 aromatic carbocycles. The van der Waals surface area contributed by atoms with Crippen molar-refractivity contribution in [1.29, 1.82) is 0 Å². The number of carboxylic acids is 1. The molecule has 140 valence electrons. The molecule has 0 radical (unpaired) electrons. The van der Waals surface area contributed by atoms with Crippen molar-refractivity contribution in [3.05, 3.63) is 46.5 Å². The van der Waals surface area contributed by atoms with Gasteiger partial charge in [0.25, 0.3) is 5.91 Å². The van der Waals surface area contributed by atoms with Gasteiger partial charge in [-0.1, -0.05) is 37.1 Å². The van der Waals surface area contributed by atoms with E-state index in [9.17, 15) is 19.8 Å². The van der Waals surface area contributed by atoms with Gasteiger partial charge in [0, 0.05) is 19.9 Å². The van der Waals surface area contributed by atoms with Gasteiger partial charge in [0.2, 0.25) is 0 Å². The Labute approximate surface area is 156 Å². The highest BCUT2D eigenvalue weighted by molar-refractivity contribution is 6.32. The third kappa shape index (κ3) is 4.76. The molecule has 0 fully saturated rings. The van der Waals surface area contributed by atoms with E-state index >= 15 is 0 Å². The number of amides is 1. The summed E-state index contributed by atoms with van der Waals surface area (Å²) in [6.07, 6.45) is 2.68. The third-order valence-corrected chi connectivity index (χ3v) is 4.36. The van der Waals surface area contributed by atoms with E-state index in [1.807, 2.05) is 0 Å². The average molecular weight is 380 g/mol. The fraction of sp³-hybridized carbons (Fsp3) is 0.389. The second kappa shape index (κ2) is 8.71. The Balaban J connectivity index is 2.16. The Morgan fingerprint density at radius 3 is 2.54 bits per heavy atom. The molecule has 0 unspecified atom stereocenters. The molecule has 0 aliphatic heterocycles. The molecule has 0 aliphatic rings. The number of phenolic OH excluding ortho intramolecular Hbond substituents is 1. The summed E-state index contributed by atoms with van der Waals surface area (Å²) in [5.74, 6) is -0.965. The van der Waals surface area contributed by atoms with Crippen molar-refractivity contribution >= 4 is 23.5 Å². The number of hydrogen-bond donors (Lipinski definition) is 3. The number of unbranched alkanes of at least 4 members (excludes halogenated alkanes) is 1. The van der Waals surface area contributed by atoms with Crippen molar-refractivity contribution < 1.29 is 19.8 Å². The first-order chi connectivity index (χ1) is 12.3. The van der Waals surface area contributed by atoms with Crippen molar-refractivity contribution in [3.8, 4) is 5.75 Å². The number of phenols is 1. The predicted molar refractivity (Wildman–Crippen MR) is 97.5 cm³/mol. The van der Waals surface area contributed by atoms with Gasteiger partial charge in [-0.2, -0.15) is 0 Å². The predicted octanol–water partition coefficient (Wildman–Crippen LogP) is 2.55. The Kier molecular flexibility index (Phi) is 6.63. The molecule has 0 saturated heterocycles. The zero-order valence-electron chi connectivity index (χ0n) is 14.7. The molecule has 1 aromatic heterocycles. The van der Waals surface area contributed by atoms with Crippen molar-refractivity contribution in [2.24, 2.45) is 7.05 Å². The quantitative estimate of drug-likeness (QED) is 0.653. The second-order valence-corrected chi connectivity index (χ2v) is 6.42. The number of nitrogens with one attached hydrogen (secondary N) is 1. The fourth-order valence-electron chi connectivity index (χ4n) is 2.61. The lowest BCUT2D eigenvalue weighted by Gasteiger charge is -2.15. The molecule has 0 bridgehead atoms. The summed E-state index contributed by atoms with van der Waals surface area (Å²) in [4.78, 5) is 28.3. The monoisotopic (exact) mass is 379 g/mol. The Morgan fingerprint density at radius 2 is 1.96 bits per heavy atom. The number of hydrogen-bond acceptors (Lipinski definition) is 4. The lowest BCUT2D eigenvalue weighted by Crippen LogP contribution is -2.43. The lowest BCUT2D eigenvalue weighted by atomic mass is 10.1. The van der Waals surface area contributed by atoms with Gasteiger partial charge in [0.05, 0.1) is 0 Å². The van der Waals surface area contributed by atoms with E-state index in [4.69, 9.17) is 11.6 Å². The highest BCUT2D eigenvalue weighted by Gasteiger charge is 2.25. The molecule has 0 saturated carbocycles. The molecule has 2 rings (SSSR count). The molecule has 0 aliphatic carbocycles. The van der Waals surface area contributed by atoms with Gasteiger partial charge in [-0.25, -0.2) is 9.78 Å². The maximum atomic E-state index is 12.6. The number of nitrogens with zero attached hydrogens (tertiary/aromatic N) is 2. The molecule has 26 heavy (non-hydrogen) atoms. The number of carbonyl (C=O) groups is 2. The van der Waals surface area contributed by atoms with Gasteiger partial charge in [-0.05, 0) is 24.1 Å². The van der Waals surface area contributed by atoms with Crippen molar-refractivity contribution in [2.75, 3.05) is 0 Å². The molecule has 2 aromatic rings. The van der Waals surface area contributed by atoms with Gasteiger partial charge in [0.15, 0.2) is 5.15 Å². The van der Waals surface area contributed by atoms with Crippen LogP contribution in [0.25, 0.3) is 0 Å². The van der Waals surface area contributed by atoms with E-state index in [1.54, 1.807) is 23.7 Å². The highest BCUT2D eigenvalue weighted by Crippen LogP contribution is 2.18. The lowest BCUT2D eigenvalue weighted by molar-refractivity contribution is -0.139. The number of carboxylic acid groups (broad SMARTS) is 1. The van der Waals surface area contributed by atoms with E-state index in [0.717, 1.165) is 12.8 Å². The third-order valence-electron chi connectivity index (χ3n) is 4.09. The van der Waals surface area contributed by atoms with Gasteiger partial charge in [-0.3, -0.25) is 4.79 Å². The summed E-state index contributed by atoms with van der Waals surface area (Å²) < 4.78 is 1.60. The van der Waals surface area contributed by atoms with E-state index in [-0.39, 0.29) is 23.0 Å². The number of benzene rings is 1. The number of rotatable bonds is 8. The Hall–Kier alpha value is -2.54. The number of aromatic hydroxyl groups is 1. The molecule has 3 N–H and O–H groups in total. The number of aromatic nitrogens is 2. The number of aliphatic carboxylic acids is 1. The van der Waals surface area contributed by atoms with Crippen LogP contribution in [-0.4, -0.2) is 37.7 Å². The van der Waals surface area contributed by atoms with Crippen LogP contribution in [0.15, 0.2) is 24.3 Å². The standard InChI is InChI=1S/C18H22ClN3O4/c1-3-4-5-14-21-16(19)15(22(14)2)17(24)20-13(18(25)26)10-11-6-8-12(23)9-7-11/h6-9,13,23H,3-5,10H2,1-2H3,(H,20,24)(H,25,26)/t13-/m0/s1. The number of carbonyl (C=O) groups excluding carboxylic acids is 1. The number of aryl methyl sites for hydroxylation is 1. The zero-order chi connectivity index (χ0) is 19.3. The number of imidazole rings is 1. The smallest absolute Gasteiger partial charge is 0.326 e. The minimum atomic E-state index is -1.16. The molecule has 1 amide bonds. The summed E-state index contributed by atoms with van der Waals surface area (Å²) in [6.45, 7) is 2.05. The first kappa shape index (κ1) is 19.8. The van der Waals surface area contributed by atoms with Crippen LogP contribution in [0.1, 0.15) is 41.6 Å². The first-order valence-electron chi connectivity index (χ1n) is 8.36. The van der Waals surface area contributed by atoms with Crippen LogP contribution in [-0.2, 0) is 24.7 Å². The zero-order valence-corrected chi connectivity index (χ0v) is 15.5. The van der Waals surface area contributed by atoms with Crippen molar-refractivity contribution in [3.63, 3.8) is 0 Å². The molecule has 0 spiro atoms. The minimum absolute atomic E-state index is 0.0601. The van der Waals surface area contributed by atoms with E-state index in [2.05, 4.69) is 17.2 Å². The van der Waals surface area contributed by atoms with Crippen molar-refractivity contribution in [1.82, 2.24) is 14.9 Å². The molecular formula is C18H22ClN3O4. The minimum Gasteiger partial charge on any atom is -0.508 e. The van der Waals surface area contributed by atoms with Crippen LogP contribution in [0.5, 0.6) is 5.75 Å². The maximum Gasteiger partial charge on any atom is 0.326 e. The molecule has 1 heterocycles. The van der Waals surface area contributed by atoms with Gasteiger partial charge in [-0.15, -0.1) is 0 Å². The maximum absolute atomic E-state index is 12.6. The molecule has 8 heteroatoms. The fourth-order valence-corrected chi connectivity index (χ4v) is 2.92. The van der Waals surface area contributed by atoms with Gasteiger partial charge < -0.3 is 20.1 Å². The van der Waals surface area contributed by atoms with Crippen LogP contribution in [0.3, 0.4) is 0 Å². The first-order valence-corrected chi connectivity index (χ1v) is 8.74. The number of halogens is 1. The van der Waals surface area contributed by atoms with Crippen LogP contribution in [0.2, 0.25) is 5.15 Å². The van der Waals surface area contributed by atoms with Crippen molar-refractivity contribution in [2.45, 2.75) is 38.6 Å². The van der Waals surface area contributed by atoms with E-state index in [0.29, 0.717) is 17.8 Å². The van der Waals surface area contributed by atoms with E-state index < -0.39 is 17.9 Å². The van der Waals surface area contributed by atoms with Crippen LogP contribution < -0.4 is 5.32 Å². The summed E-state index contributed by atoms with van der Waals surface area (Å²) in [6, 6.07) is 5.02. The Morgan fingerprint density at radius 1 is 1.31 bits per heavy atom. The summed E-state index contributed by atoms with van der Waals surface area (Å²) in [5, 5.41) is 21.3. The van der Waals surface area contributed by atoms with Gasteiger partial charge in [0.1, 0.15) is 23.3 Å². The molecule has 7 nitrogen and oxygen atoms in total. The molecule has 1 atom stereocenters. The van der Waals surface area contributed by atoms with Crippen LogP contribution in [0.4, 0.5) is 0 Å². The largest absolute Gasteiger partial charge is 0.508 e. The summed E-state index contributed by atoms with van der Waals surface area (Å²) in [7, 11) is 1.69. The SMILES string of the molecule is CCCCc1nc(Cl)c(C(=O)N[C@@H](Cc2ccc(O)cc2)C(=O)O)n1C. The second-order valence-electron chi connectivity index (χ2n) is 6.06. The average Bonchev–Trinajstić information content (AvgIpc) is 2.87. The summed E-state index contributed by atoms with van der Waals surface area (Å²) >= 11 is 6.10. The highest BCUT2D eigenvalue weighted by atomic mass is 35.5. The van der Waals surface area contributed by atoms with Gasteiger partial charge >= 0.3 is 5.97 Å². The normalized spacial score (nSPS) is 12.0. The van der Waals surface area contributed by atoms with Crippen LogP contribution >= 0.6 is 11.6 Å². The van der Waals surface area contributed by atoms with Crippen LogP contribution in [0, 0.1) is 0 Å². The molecular weight excluding hydrogens is 358 g/mol. The summed E-state index contributed by atoms with van der Waals surface area (Å²) in [5.41, 5.74) is 0.824. The van der Waals surface area contributed by atoms with E-state index in [1.165, 1.54) is 12.1 Å².